The van der Waals surface area contributed by atoms with Crippen molar-refractivity contribution in [2.75, 3.05) is 39.9 Å². The van der Waals surface area contributed by atoms with Crippen LogP contribution in [0, 0.1) is 5.41 Å². The quantitative estimate of drug-likeness (QED) is 0.722. The van der Waals surface area contributed by atoms with E-state index in [-0.39, 0.29) is 17.9 Å². The third-order valence-electron chi connectivity index (χ3n) is 6.38. The minimum Gasteiger partial charge on any atom is -0.383 e. The zero-order chi connectivity index (χ0) is 17.1. The first kappa shape index (κ1) is 21.4. The Morgan fingerprint density at radius 1 is 1.04 bits per heavy atom. The summed E-state index contributed by atoms with van der Waals surface area (Å²) in [6, 6.07) is 0. The fourth-order valence-corrected chi connectivity index (χ4v) is 6.10. The first-order valence-corrected chi connectivity index (χ1v) is 10.9. The molecular weight excluding hydrogens is 362 g/mol. The molecule has 3 aliphatic rings. The van der Waals surface area contributed by atoms with Gasteiger partial charge in [-0.25, -0.2) is 4.72 Å². The van der Waals surface area contributed by atoms with Crippen LogP contribution in [0.25, 0.3) is 0 Å². The summed E-state index contributed by atoms with van der Waals surface area (Å²) < 4.78 is 35.2. The summed E-state index contributed by atoms with van der Waals surface area (Å²) in [5.74, 6) is 0. The number of nitrogens with one attached hydrogen (secondary N) is 2. The maximum Gasteiger partial charge on any atom is 0.279 e. The Kier molecular flexibility index (Phi) is 7.57. The number of hydrogen-bond donors (Lipinski definition) is 2. The lowest BCUT2D eigenvalue weighted by molar-refractivity contribution is 0.101. The molecule has 6 nitrogen and oxygen atoms in total. The van der Waals surface area contributed by atoms with Crippen molar-refractivity contribution in [1.29, 1.82) is 0 Å². The Morgan fingerprint density at radius 2 is 1.72 bits per heavy atom. The van der Waals surface area contributed by atoms with Gasteiger partial charge in [-0.05, 0) is 50.5 Å². The van der Waals surface area contributed by atoms with Gasteiger partial charge >= 0.3 is 0 Å². The van der Waals surface area contributed by atoms with E-state index in [4.69, 9.17) is 4.74 Å². The Morgan fingerprint density at radius 3 is 2.28 bits per heavy atom. The summed E-state index contributed by atoms with van der Waals surface area (Å²) >= 11 is 0. The molecule has 1 saturated carbocycles. The SMILES string of the molecule is COCC1(CNS(=O)(=O)N2CCC3(CCCCC3)CC2)CCCN1.Cl. The van der Waals surface area contributed by atoms with Crippen molar-refractivity contribution in [1.82, 2.24) is 14.3 Å². The fourth-order valence-electron chi connectivity index (χ4n) is 4.79. The molecule has 2 saturated heterocycles. The number of methoxy groups -OCH3 is 1. The van der Waals surface area contributed by atoms with Gasteiger partial charge in [0.05, 0.1) is 12.1 Å². The number of rotatable bonds is 6. The van der Waals surface area contributed by atoms with Gasteiger partial charge in [0.15, 0.2) is 0 Å². The van der Waals surface area contributed by atoms with E-state index in [1.807, 2.05) is 0 Å². The van der Waals surface area contributed by atoms with E-state index < -0.39 is 10.2 Å². The molecule has 25 heavy (non-hydrogen) atoms. The van der Waals surface area contributed by atoms with Crippen LogP contribution in [-0.4, -0.2) is 58.2 Å². The van der Waals surface area contributed by atoms with Crippen molar-refractivity contribution < 1.29 is 13.2 Å². The van der Waals surface area contributed by atoms with Gasteiger partial charge in [-0.2, -0.15) is 12.7 Å². The third-order valence-corrected chi connectivity index (χ3v) is 7.94. The van der Waals surface area contributed by atoms with Gasteiger partial charge in [-0.1, -0.05) is 19.3 Å². The number of nitrogens with zero attached hydrogens (tertiary/aromatic N) is 1. The van der Waals surface area contributed by atoms with E-state index in [2.05, 4.69) is 10.0 Å². The van der Waals surface area contributed by atoms with Crippen LogP contribution in [0.15, 0.2) is 0 Å². The Hall–Kier alpha value is 0.0800. The molecule has 0 aromatic rings. The van der Waals surface area contributed by atoms with Gasteiger partial charge in [0.2, 0.25) is 0 Å². The van der Waals surface area contributed by atoms with E-state index in [0.29, 0.717) is 31.7 Å². The third kappa shape index (κ3) is 5.08. The summed E-state index contributed by atoms with van der Waals surface area (Å²) in [5, 5.41) is 3.42. The number of hydrogen-bond acceptors (Lipinski definition) is 4. The fraction of sp³-hybridized carbons (Fsp3) is 1.00. The highest BCUT2D eigenvalue weighted by Gasteiger charge is 2.40. The lowest BCUT2D eigenvalue weighted by Gasteiger charge is -2.44. The average Bonchev–Trinajstić information content (AvgIpc) is 3.04. The summed E-state index contributed by atoms with van der Waals surface area (Å²) in [6.07, 6.45) is 10.6. The molecule has 1 aliphatic carbocycles. The molecule has 3 rings (SSSR count). The minimum absolute atomic E-state index is 0. The molecule has 3 fully saturated rings. The largest absolute Gasteiger partial charge is 0.383 e. The van der Waals surface area contributed by atoms with E-state index in [9.17, 15) is 8.42 Å². The van der Waals surface area contributed by atoms with Gasteiger partial charge in [-0.3, -0.25) is 0 Å². The molecule has 0 amide bonds. The van der Waals surface area contributed by atoms with Gasteiger partial charge < -0.3 is 10.1 Å². The monoisotopic (exact) mass is 395 g/mol. The summed E-state index contributed by atoms with van der Waals surface area (Å²) in [7, 11) is -1.72. The Bertz CT molecular complexity index is 507. The second kappa shape index (κ2) is 8.85. The maximum atomic E-state index is 12.7. The van der Waals surface area contributed by atoms with Crippen LogP contribution in [0.2, 0.25) is 0 Å². The molecule has 2 aliphatic heterocycles. The van der Waals surface area contributed by atoms with Crippen molar-refractivity contribution in [3.63, 3.8) is 0 Å². The van der Waals surface area contributed by atoms with Crippen LogP contribution in [-0.2, 0) is 14.9 Å². The molecule has 8 heteroatoms. The highest BCUT2D eigenvalue weighted by molar-refractivity contribution is 7.87. The molecule has 1 unspecified atom stereocenters. The standard InChI is InChI=1S/C17H33N3O3S.ClH/c1-23-15-17(8-5-11-18-17)14-19-24(21,22)20-12-9-16(10-13-20)6-3-2-4-7-16;/h18-19H,2-15H2,1H3;1H. The molecule has 1 spiro atoms. The zero-order valence-corrected chi connectivity index (χ0v) is 17.0. The van der Waals surface area contributed by atoms with Crippen LogP contribution >= 0.6 is 12.4 Å². The van der Waals surface area contributed by atoms with Crippen LogP contribution in [0.3, 0.4) is 0 Å². The summed E-state index contributed by atoms with van der Waals surface area (Å²) in [4.78, 5) is 0. The Balaban J connectivity index is 0.00000225. The molecule has 0 bridgehead atoms. The van der Waals surface area contributed by atoms with Crippen molar-refractivity contribution >= 4 is 22.6 Å². The van der Waals surface area contributed by atoms with E-state index >= 15 is 0 Å². The van der Waals surface area contributed by atoms with Crippen molar-refractivity contribution in [2.45, 2.75) is 63.3 Å². The summed E-state index contributed by atoms with van der Waals surface area (Å²) in [5.41, 5.74) is 0.177. The number of halogens is 1. The lowest BCUT2D eigenvalue weighted by atomic mass is 9.68. The highest BCUT2D eigenvalue weighted by Crippen LogP contribution is 2.44. The topological polar surface area (TPSA) is 70.7 Å². The normalized spacial score (nSPS) is 30.3. The molecule has 0 aromatic heterocycles. The lowest BCUT2D eigenvalue weighted by Crippen LogP contribution is -2.56. The average molecular weight is 396 g/mol. The van der Waals surface area contributed by atoms with E-state index in [1.54, 1.807) is 11.4 Å². The van der Waals surface area contributed by atoms with Crippen molar-refractivity contribution in [3.8, 4) is 0 Å². The number of piperidine rings is 1. The molecule has 148 valence electrons. The second-order valence-electron chi connectivity index (χ2n) is 8.03. The Labute approximate surface area is 159 Å². The predicted molar refractivity (Wildman–Crippen MR) is 102 cm³/mol. The highest BCUT2D eigenvalue weighted by atomic mass is 35.5. The summed E-state index contributed by atoms with van der Waals surface area (Å²) in [6.45, 7) is 3.21. The van der Waals surface area contributed by atoms with Gasteiger partial charge in [0.25, 0.3) is 10.2 Å². The molecule has 2 N–H and O–H groups in total. The van der Waals surface area contributed by atoms with Crippen molar-refractivity contribution in [2.24, 2.45) is 5.41 Å². The molecule has 0 aromatic carbocycles. The minimum atomic E-state index is -3.39. The first-order chi connectivity index (χ1) is 11.5. The van der Waals surface area contributed by atoms with Gasteiger partial charge in [0.1, 0.15) is 0 Å². The zero-order valence-electron chi connectivity index (χ0n) is 15.4. The van der Waals surface area contributed by atoms with Gasteiger partial charge in [0, 0.05) is 26.7 Å². The van der Waals surface area contributed by atoms with Crippen molar-refractivity contribution in [3.05, 3.63) is 0 Å². The molecule has 2 heterocycles. The van der Waals surface area contributed by atoms with Crippen LogP contribution in [0.4, 0.5) is 0 Å². The van der Waals surface area contributed by atoms with Gasteiger partial charge in [-0.15, -0.1) is 12.4 Å². The smallest absolute Gasteiger partial charge is 0.279 e. The maximum absolute atomic E-state index is 12.7. The van der Waals surface area contributed by atoms with E-state index in [0.717, 1.165) is 32.2 Å². The molecule has 0 radical (unpaired) electrons. The first-order valence-electron chi connectivity index (χ1n) is 9.48. The van der Waals surface area contributed by atoms with Crippen LogP contribution in [0.1, 0.15) is 57.8 Å². The second-order valence-corrected chi connectivity index (χ2v) is 9.78. The van der Waals surface area contributed by atoms with Crippen LogP contribution < -0.4 is 10.0 Å². The molecule has 1 atom stereocenters. The number of ether oxygens (including phenoxy) is 1. The predicted octanol–water partition coefficient (Wildman–Crippen LogP) is 2.06. The van der Waals surface area contributed by atoms with Crippen LogP contribution in [0.5, 0.6) is 0 Å². The molecular formula is C17H34ClN3O3S. The van der Waals surface area contributed by atoms with E-state index in [1.165, 1.54) is 32.1 Å².